The summed E-state index contributed by atoms with van der Waals surface area (Å²) in [5, 5.41) is 12.5. The van der Waals surface area contributed by atoms with E-state index in [0.717, 1.165) is 6.42 Å². The summed E-state index contributed by atoms with van der Waals surface area (Å²) in [6.45, 7) is 10.1. The quantitative estimate of drug-likeness (QED) is 0.457. The summed E-state index contributed by atoms with van der Waals surface area (Å²) in [6.07, 6.45) is -0.514. The third-order valence-corrected chi connectivity index (χ3v) is 9.59. The van der Waals surface area contributed by atoms with Crippen LogP contribution < -0.4 is 5.32 Å². The second-order valence-corrected chi connectivity index (χ2v) is 13.7. The lowest BCUT2D eigenvalue weighted by atomic mass is 9.90. The summed E-state index contributed by atoms with van der Waals surface area (Å²) in [7, 11) is -4.04. The van der Waals surface area contributed by atoms with Crippen molar-refractivity contribution in [3.05, 3.63) is 0 Å². The topological polar surface area (TPSA) is 149 Å². The average Bonchev–Trinajstić information content (AvgIpc) is 3.54. The van der Waals surface area contributed by atoms with E-state index in [-0.39, 0.29) is 38.2 Å². The molecule has 1 N–H and O–H groups in total. The predicted molar refractivity (Wildman–Crippen MR) is 135 cm³/mol. The molecule has 5 heterocycles. The van der Waals surface area contributed by atoms with Gasteiger partial charge >= 0.3 is 10.3 Å². The van der Waals surface area contributed by atoms with E-state index >= 15 is 0 Å². The lowest BCUT2D eigenvalue weighted by Crippen LogP contribution is -2.57. The molecule has 0 saturated carbocycles. The summed E-state index contributed by atoms with van der Waals surface area (Å²) >= 11 is 0. The summed E-state index contributed by atoms with van der Waals surface area (Å²) < 4.78 is 63.0. The molecule has 5 rings (SSSR count). The second-order valence-electron chi connectivity index (χ2n) is 12.1. The summed E-state index contributed by atoms with van der Waals surface area (Å²) in [6, 6.07) is 1.82. The van der Waals surface area contributed by atoms with Crippen molar-refractivity contribution in [2.24, 2.45) is 0 Å². The van der Waals surface area contributed by atoms with Gasteiger partial charge in [0.2, 0.25) is 5.91 Å². The number of fused-ring (bicyclic) bond motifs is 3. The average molecular weight is 573 g/mol. The summed E-state index contributed by atoms with van der Waals surface area (Å²) in [4.78, 5) is 14.2. The first kappa shape index (κ1) is 29.1. The molecule has 0 aromatic heterocycles. The third-order valence-electron chi connectivity index (χ3n) is 8.16. The van der Waals surface area contributed by atoms with Crippen LogP contribution in [0.25, 0.3) is 0 Å². The van der Waals surface area contributed by atoms with E-state index in [2.05, 4.69) is 11.4 Å². The Morgan fingerprint density at radius 1 is 1.00 bits per heavy atom. The molecule has 0 spiro atoms. The monoisotopic (exact) mass is 572 g/mol. The van der Waals surface area contributed by atoms with Gasteiger partial charge in [-0.05, 0) is 60.3 Å². The molecule has 0 aromatic rings. The van der Waals surface area contributed by atoms with Crippen LogP contribution in [0.5, 0.6) is 0 Å². The maximum absolute atomic E-state index is 13.1. The Morgan fingerprint density at radius 2 is 1.64 bits per heavy atom. The molecular formula is C25H40N4O9S. The SMILES string of the molecule is CC1(NCC(=O)N2CCC[C@H]2C#N)CCN(S(=O)(=O)OC[C@H]2O[C@@H]3OC(C)(C)O[C@@H]3[C@H]3OC(C)(C)O[C@H]32)CC1. The Hall–Kier alpha value is -1.41. The van der Waals surface area contributed by atoms with Gasteiger partial charge in [-0.2, -0.15) is 18.0 Å². The Morgan fingerprint density at radius 3 is 2.33 bits per heavy atom. The summed E-state index contributed by atoms with van der Waals surface area (Å²) in [5.74, 6) is -1.87. The molecule has 0 unspecified atom stereocenters. The van der Waals surface area contributed by atoms with Crippen LogP contribution in [0, 0.1) is 11.3 Å². The van der Waals surface area contributed by atoms with Gasteiger partial charge in [0, 0.05) is 25.2 Å². The molecule has 0 bridgehead atoms. The van der Waals surface area contributed by atoms with Crippen LogP contribution in [-0.2, 0) is 43.0 Å². The first-order valence-electron chi connectivity index (χ1n) is 13.7. The van der Waals surface area contributed by atoms with Gasteiger partial charge in [-0.25, -0.2) is 0 Å². The largest absolute Gasteiger partial charge is 0.342 e. The van der Waals surface area contributed by atoms with Crippen molar-refractivity contribution >= 4 is 16.2 Å². The predicted octanol–water partition coefficient (Wildman–Crippen LogP) is 0.603. The van der Waals surface area contributed by atoms with Gasteiger partial charge in [0.1, 0.15) is 30.5 Å². The first-order valence-corrected chi connectivity index (χ1v) is 15.0. The molecule has 14 heteroatoms. The fourth-order valence-electron chi connectivity index (χ4n) is 6.03. The highest BCUT2D eigenvalue weighted by molar-refractivity contribution is 7.84. The molecule has 1 amide bonds. The van der Waals surface area contributed by atoms with Crippen molar-refractivity contribution in [1.29, 1.82) is 5.26 Å². The molecule has 5 aliphatic heterocycles. The van der Waals surface area contributed by atoms with Gasteiger partial charge in [-0.15, -0.1) is 0 Å². The highest BCUT2D eigenvalue weighted by Crippen LogP contribution is 2.44. The Bertz CT molecular complexity index is 1090. The number of ether oxygens (including phenoxy) is 5. The van der Waals surface area contributed by atoms with Crippen molar-refractivity contribution in [3.8, 4) is 6.07 Å². The number of hydrogen-bond acceptors (Lipinski definition) is 11. The number of piperidine rings is 1. The van der Waals surface area contributed by atoms with Crippen LogP contribution in [-0.4, -0.2) is 110 Å². The molecule has 0 aromatic carbocycles. The molecular weight excluding hydrogens is 532 g/mol. The number of nitrogens with zero attached hydrogens (tertiary/aromatic N) is 3. The molecule has 5 saturated heterocycles. The highest BCUT2D eigenvalue weighted by Gasteiger charge is 2.61. The van der Waals surface area contributed by atoms with Gasteiger partial charge in [0.25, 0.3) is 0 Å². The minimum absolute atomic E-state index is 0.104. The highest BCUT2D eigenvalue weighted by atomic mass is 32.2. The van der Waals surface area contributed by atoms with E-state index in [4.69, 9.17) is 27.9 Å². The Balaban J connectivity index is 1.14. The van der Waals surface area contributed by atoms with Gasteiger partial charge in [-0.3, -0.25) is 8.98 Å². The van der Waals surface area contributed by atoms with Gasteiger partial charge in [0.15, 0.2) is 17.9 Å². The van der Waals surface area contributed by atoms with Crippen LogP contribution in [0.15, 0.2) is 0 Å². The second kappa shape index (κ2) is 10.5. The van der Waals surface area contributed by atoms with Crippen molar-refractivity contribution in [3.63, 3.8) is 0 Å². The Kier molecular flexibility index (Phi) is 7.80. The lowest BCUT2D eigenvalue weighted by Gasteiger charge is -2.40. The van der Waals surface area contributed by atoms with Crippen LogP contribution in [0.1, 0.15) is 60.3 Å². The summed E-state index contributed by atoms with van der Waals surface area (Å²) in [5.41, 5.74) is -0.411. The van der Waals surface area contributed by atoms with E-state index in [1.807, 2.05) is 6.92 Å². The zero-order valence-corrected chi connectivity index (χ0v) is 24.1. The van der Waals surface area contributed by atoms with Gasteiger partial charge < -0.3 is 33.9 Å². The number of likely N-dealkylation sites (tertiary alicyclic amines) is 1. The molecule has 39 heavy (non-hydrogen) atoms. The Labute approximate surface area is 230 Å². The van der Waals surface area contributed by atoms with Crippen LogP contribution in [0.2, 0.25) is 0 Å². The number of nitriles is 1. The number of nitrogens with one attached hydrogen (secondary N) is 1. The van der Waals surface area contributed by atoms with Crippen LogP contribution >= 0.6 is 0 Å². The van der Waals surface area contributed by atoms with Crippen molar-refractivity contribution < 1.29 is 41.1 Å². The number of amides is 1. The van der Waals surface area contributed by atoms with E-state index in [9.17, 15) is 18.5 Å². The van der Waals surface area contributed by atoms with E-state index < -0.39 is 58.1 Å². The molecule has 220 valence electrons. The van der Waals surface area contributed by atoms with Crippen LogP contribution in [0.4, 0.5) is 0 Å². The maximum atomic E-state index is 13.1. The first-order chi connectivity index (χ1) is 18.2. The molecule has 0 aliphatic carbocycles. The maximum Gasteiger partial charge on any atom is 0.338 e. The third kappa shape index (κ3) is 6.12. The molecule has 5 aliphatic rings. The fourth-order valence-corrected chi connectivity index (χ4v) is 7.11. The minimum Gasteiger partial charge on any atom is -0.342 e. The fraction of sp³-hybridized carbons (Fsp3) is 0.920. The van der Waals surface area contributed by atoms with E-state index in [0.29, 0.717) is 25.8 Å². The number of carbonyl (C=O) groups excluding carboxylic acids is 1. The smallest absolute Gasteiger partial charge is 0.338 e. The normalized spacial score (nSPS) is 37.3. The molecule has 13 nitrogen and oxygen atoms in total. The van der Waals surface area contributed by atoms with Crippen LogP contribution in [0.3, 0.4) is 0 Å². The minimum atomic E-state index is -4.04. The van der Waals surface area contributed by atoms with Crippen molar-refractivity contribution in [2.75, 3.05) is 32.8 Å². The number of rotatable bonds is 7. The zero-order chi connectivity index (χ0) is 28.2. The van der Waals surface area contributed by atoms with Crippen molar-refractivity contribution in [2.45, 2.75) is 114 Å². The van der Waals surface area contributed by atoms with E-state index in [1.54, 1.807) is 32.6 Å². The molecule has 0 radical (unpaired) electrons. The van der Waals surface area contributed by atoms with Gasteiger partial charge in [-0.1, -0.05) is 0 Å². The van der Waals surface area contributed by atoms with Gasteiger partial charge in [0.05, 0.1) is 19.2 Å². The number of hydrogen-bond donors (Lipinski definition) is 1. The number of carbonyl (C=O) groups is 1. The standard InChI is InChI=1S/C25H40N4O9S/c1-23(2)35-19-17(34-22-21(20(19)36-23)37-24(3,4)38-22)15-33-39(31,32)28-11-8-25(5,9-12-28)27-14-18(30)29-10-6-7-16(29)13-26/h16-17,19-22,27H,6-12,14-15H2,1-5H3/t16-,17+,19-,20-,21+,22+/m0/s1. The van der Waals surface area contributed by atoms with E-state index in [1.165, 1.54) is 4.31 Å². The molecule has 5 fully saturated rings. The van der Waals surface area contributed by atoms with Crippen molar-refractivity contribution in [1.82, 2.24) is 14.5 Å². The lowest BCUT2D eigenvalue weighted by molar-refractivity contribution is -0.238. The zero-order valence-electron chi connectivity index (χ0n) is 23.3. The molecule has 6 atom stereocenters.